The van der Waals surface area contributed by atoms with Crippen molar-refractivity contribution in [3.8, 4) is 17.6 Å². The molecule has 0 radical (unpaired) electrons. The Morgan fingerprint density at radius 2 is 1.78 bits per heavy atom. The number of methoxy groups -OCH3 is 2. The van der Waals surface area contributed by atoms with Gasteiger partial charge in [-0.05, 0) is 24.3 Å². The second-order valence-corrected chi connectivity index (χ2v) is 6.85. The largest absolute Gasteiger partial charge is 0.479 e. The van der Waals surface area contributed by atoms with E-state index in [1.165, 1.54) is 25.1 Å². The molecule has 0 amide bonds. The second-order valence-electron chi connectivity index (χ2n) is 6.85. The standard InChI is InChI=1S/C21H15F3N6O2/c1-31-20-18-15(26-10-27-20)5-6-29(18)11-7-16-19(25-8-11)28-21(32-2)30(16)9-12-13(22)3-4-14(23)17(12)24/h3-8,10H,9H2,1-2H3. The zero-order chi connectivity index (χ0) is 22.4. The molecule has 0 bridgehead atoms. The predicted octanol–water partition coefficient (Wildman–Crippen LogP) is 3.65. The molecule has 0 saturated heterocycles. The van der Waals surface area contributed by atoms with Gasteiger partial charge in [0, 0.05) is 11.8 Å². The van der Waals surface area contributed by atoms with Crippen molar-refractivity contribution in [1.82, 2.24) is 29.1 Å². The quantitative estimate of drug-likeness (QED) is 0.388. The molecule has 162 valence electrons. The van der Waals surface area contributed by atoms with Crippen LogP contribution in [-0.4, -0.2) is 43.3 Å². The van der Waals surface area contributed by atoms with Crippen LogP contribution in [0.1, 0.15) is 5.56 Å². The first-order valence-electron chi connectivity index (χ1n) is 9.41. The van der Waals surface area contributed by atoms with Crippen LogP contribution in [0.15, 0.2) is 43.0 Å². The van der Waals surface area contributed by atoms with Crippen LogP contribution in [-0.2, 0) is 6.54 Å². The number of fused-ring (bicyclic) bond motifs is 2. The number of hydrogen-bond donors (Lipinski definition) is 0. The Morgan fingerprint density at radius 3 is 2.56 bits per heavy atom. The highest BCUT2D eigenvalue weighted by Gasteiger charge is 2.20. The van der Waals surface area contributed by atoms with E-state index in [0.29, 0.717) is 33.8 Å². The van der Waals surface area contributed by atoms with Gasteiger partial charge in [-0.3, -0.25) is 4.57 Å². The molecule has 1 aromatic carbocycles. The van der Waals surface area contributed by atoms with Gasteiger partial charge in [0.1, 0.15) is 17.7 Å². The number of pyridine rings is 1. The van der Waals surface area contributed by atoms with Crippen molar-refractivity contribution in [2.24, 2.45) is 0 Å². The van der Waals surface area contributed by atoms with Gasteiger partial charge < -0.3 is 14.0 Å². The average Bonchev–Trinajstić information content (AvgIpc) is 3.40. The third-order valence-corrected chi connectivity index (χ3v) is 5.10. The summed E-state index contributed by atoms with van der Waals surface area (Å²) in [6.07, 6.45) is 4.75. The molecule has 0 fully saturated rings. The lowest BCUT2D eigenvalue weighted by Gasteiger charge is -2.11. The smallest absolute Gasteiger partial charge is 0.298 e. The molecule has 0 spiro atoms. The van der Waals surface area contributed by atoms with E-state index in [1.807, 2.05) is 0 Å². The number of halogens is 3. The fraction of sp³-hybridized carbons (Fsp3) is 0.143. The van der Waals surface area contributed by atoms with Crippen LogP contribution < -0.4 is 9.47 Å². The maximum atomic E-state index is 14.3. The lowest BCUT2D eigenvalue weighted by atomic mass is 10.2. The van der Waals surface area contributed by atoms with Crippen molar-refractivity contribution in [1.29, 1.82) is 0 Å². The monoisotopic (exact) mass is 440 g/mol. The van der Waals surface area contributed by atoms with Crippen molar-refractivity contribution in [3.05, 3.63) is 66.0 Å². The van der Waals surface area contributed by atoms with Crippen LogP contribution in [0, 0.1) is 17.5 Å². The Balaban J connectivity index is 1.70. The molecule has 0 unspecified atom stereocenters. The van der Waals surface area contributed by atoms with Gasteiger partial charge in [0.05, 0.1) is 43.7 Å². The van der Waals surface area contributed by atoms with E-state index in [0.717, 1.165) is 12.1 Å². The molecular weight excluding hydrogens is 425 g/mol. The summed E-state index contributed by atoms with van der Waals surface area (Å²) < 4.78 is 56.1. The van der Waals surface area contributed by atoms with Crippen LogP contribution in [0.4, 0.5) is 13.2 Å². The molecule has 11 heteroatoms. The predicted molar refractivity (Wildman–Crippen MR) is 108 cm³/mol. The number of aromatic nitrogens is 6. The Hall–Kier alpha value is -4.15. The summed E-state index contributed by atoms with van der Waals surface area (Å²) in [5.41, 5.74) is 2.16. The fourth-order valence-electron chi connectivity index (χ4n) is 3.59. The summed E-state index contributed by atoms with van der Waals surface area (Å²) in [5, 5.41) is 0. The van der Waals surface area contributed by atoms with E-state index in [-0.39, 0.29) is 12.6 Å². The Bertz CT molecular complexity index is 1480. The molecule has 0 aliphatic rings. The van der Waals surface area contributed by atoms with E-state index in [2.05, 4.69) is 19.9 Å². The molecule has 4 heterocycles. The van der Waals surface area contributed by atoms with E-state index in [1.54, 1.807) is 29.1 Å². The molecule has 0 N–H and O–H groups in total. The molecule has 8 nitrogen and oxygen atoms in total. The number of hydrogen-bond acceptors (Lipinski definition) is 6. The van der Waals surface area contributed by atoms with Crippen LogP contribution in [0.25, 0.3) is 27.9 Å². The van der Waals surface area contributed by atoms with Crippen molar-refractivity contribution < 1.29 is 22.6 Å². The third-order valence-electron chi connectivity index (χ3n) is 5.10. The fourth-order valence-corrected chi connectivity index (χ4v) is 3.59. The molecule has 0 saturated carbocycles. The van der Waals surface area contributed by atoms with Gasteiger partial charge in [-0.15, -0.1) is 0 Å². The van der Waals surface area contributed by atoms with Gasteiger partial charge >= 0.3 is 0 Å². The number of ether oxygens (including phenoxy) is 2. The SMILES string of the molecule is COc1ncnc2ccn(-c3cnc4nc(OC)n(Cc5c(F)ccc(F)c5F)c4c3)c12. The summed E-state index contributed by atoms with van der Waals surface area (Å²) >= 11 is 0. The molecule has 5 aromatic rings. The maximum Gasteiger partial charge on any atom is 0.298 e. The molecular formula is C21H15F3N6O2. The van der Waals surface area contributed by atoms with E-state index in [9.17, 15) is 13.2 Å². The highest BCUT2D eigenvalue weighted by atomic mass is 19.2. The third kappa shape index (κ3) is 3.01. The van der Waals surface area contributed by atoms with E-state index in [4.69, 9.17) is 9.47 Å². The van der Waals surface area contributed by atoms with Crippen molar-refractivity contribution in [3.63, 3.8) is 0 Å². The van der Waals surface area contributed by atoms with E-state index < -0.39 is 23.0 Å². The van der Waals surface area contributed by atoms with Crippen molar-refractivity contribution in [2.45, 2.75) is 6.54 Å². The Morgan fingerprint density at radius 1 is 0.969 bits per heavy atom. The van der Waals surface area contributed by atoms with Gasteiger partial charge in [-0.1, -0.05) is 0 Å². The summed E-state index contributed by atoms with van der Waals surface area (Å²) in [6, 6.07) is 5.20. The lowest BCUT2D eigenvalue weighted by Crippen LogP contribution is -2.08. The highest BCUT2D eigenvalue weighted by molar-refractivity contribution is 5.83. The molecule has 4 aromatic heterocycles. The van der Waals surface area contributed by atoms with Gasteiger partial charge in [0.2, 0.25) is 5.88 Å². The minimum atomic E-state index is -1.27. The second kappa shape index (κ2) is 7.52. The zero-order valence-corrected chi connectivity index (χ0v) is 16.9. The molecule has 0 aliphatic carbocycles. The maximum absolute atomic E-state index is 14.3. The molecule has 0 atom stereocenters. The van der Waals surface area contributed by atoms with Gasteiger partial charge in [0.15, 0.2) is 17.3 Å². The topological polar surface area (TPSA) is 79.9 Å². The summed E-state index contributed by atoms with van der Waals surface area (Å²) in [4.78, 5) is 17.0. The van der Waals surface area contributed by atoms with Crippen LogP contribution in [0.2, 0.25) is 0 Å². The number of rotatable bonds is 5. The van der Waals surface area contributed by atoms with E-state index >= 15 is 0 Å². The normalized spacial score (nSPS) is 11.4. The van der Waals surface area contributed by atoms with Gasteiger partial charge in [0.25, 0.3) is 6.01 Å². The zero-order valence-electron chi connectivity index (χ0n) is 16.9. The molecule has 32 heavy (non-hydrogen) atoms. The van der Waals surface area contributed by atoms with Crippen molar-refractivity contribution >= 4 is 22.2 Å². The van der Waals surface area contributed by atoms with Gasteiger partial charge in [-0.25, -0.2) is 23.1 Å². The van der Waals surface area contributed by atoms with Crippen molar-refractivity contribution in [2.75, 3.05) is 14.2 Å². The van der Waals surface area contributed by atoms with Gasteiger partial charge in [-0.2, -0.15) is 9.97 Å². The molecule has 5 rings (SSSR count). The number of nitrogens with zero attached hydrogens (tertiary/aromatic N) is 6. The molecule has 0 aliphatic heterocycles. The summed E-state index contributed by atoms with van der Waals surface area (Å²) in [7, 11) is 2.88. The summed E-state index contributed by atoms with van der Waals surface area (Å²) in [5.74, 6) is -2.92. The number of benzene rings is 1. The minimum Gasteiger partial charge on any atom is -0.479 e. The number of imidazole rings is 1. The van der Waals surface area contributed by atoms with Crippen LogP contribution >= 0.6 is 0 Å². The lowest BCUT2D eigenvalue weighted by molar-refractivity contribution is 0.361. The first-order chi connectivity index (χ1) is 15.5. The Kier molecular flexibility index (Phi) is 4.65. The highest BCUT2D eigenvalue weighted by Crippen LogP contribution is 2.29. The van der Waals surface area contributed by atoms with Crippen LogP contribution in [0.3, 0.4) is 0 Å². The first-order valence-corrected chi connectivity index (χ1v) is 9.41. The average molecular weight is 440 g/mol. The summed E-state index contributed by atoms with van der Waals surface area (Å²) in [6.45, 7) is -0.348. The minimum absolute atomic E-state index is 0.0750. The van der Waals surface area contributed by atoms with Crippen LogP contribution in [0.5, 0.6) is 11.9 Å². The Labute approximate surface area is 178 Å². The first kappa shape index (κ1) is 19.8.